The average Bonchev–Trinajstić information content (AvgIpc) is 2.25. The predicted molar refractivity (Wildman–Crippen MR) is 72.6 cm³/mol. The summed E-state index contributed by atoms with van der Waals surface area (Å²) in [5.41, 5.74) is 0.975. The van der Waals surface area contributed by atoms with Crippen LogP contribution >= 0.6 is 0 Å². The minimum absolute atomic E-state index is 0.216. The zero-order valence-electron chi connectivity index (χ0n) is 10.7. The lowest BCUT2D eigenvalue weighted by molar-refractivity contribution is -0.118. The van der Waals surface area contributed by atoms with E-state index in [2.05, 4.69) is 19.6 Å². The Hall–Kier alpha value is -1.09. The second-order valence-corrected chi connectivity index (χ2v) is 11.0. The maximum atomic E-state index is 11.9. The first-order chi connectivity index (χ1) is 7.40. The molecule has 88 valence electrons. The molecule has 0 radical (unpaired) electrons. The molecular weight excluding hydrogens is 214 g/mol. The van der Waals surface area contributed by atoms with Gasteiger partial charge in [-0.25, -0.2) is 0 Å². The molecule has 0 aliphatic rings. The zero-order valence-corrected chi connectivity index (χ0v) is 11.7. The lowest BCUT2D eigenvalue weighted by Gasteiger charge is -2.20. The van der Waals surface area contributed by atoms with Gasteiger partial charge in [0.05, 0.1) is 0 Å². The van der Waals surface area contributed by atoms with Crippen LogP contribution in [0.15, 0.2) is 30.3 Å². The molecule has 0 aromatic heterocycles. The number of benzene rings is 1. The summed E-state index contributed by atoms with van der Waals surface area (Å²) < 4.78 is 0. The fraction of sp³-hybridized carbons (Fsp3) is 0.462. The van der Waals surface area contributed by atoms with E-state index < -0.39 is 8.07 Å². The summed E-state index contributed by atoms with van der Waals surface area (Å²) in [7, 11) is 0.735. The Labute approximate surface area is 99.3 Å². The van der Waals surface area contributed by atoms with Crippen molar-refractivity contribution in [2.75, 3.05) is 11.9 Å². The molecule has 1 rings (SSSR count). The fourth-order valence-corrected chi connectivity index (χ4v) is 2.41. The molecule has 0 atom stereocenters. The standard InChI is InChI=1S/C13H21NOSi/c1-14(12-8-6-5-7-9-12)13(15)10-11-16(2,3)4/h5-9H,10-11H2,1-4H3. The van der Waals surface area contributed by atoms with Crippen molar-refractivity contribution in [2.45, 2.75) is 32.1 Å². The van der Waals surface area contributed by atoms with Crippen LogP contribution in [0.3, 0.4) is 0 Å². The minimum atomic E-state index is -1.11. The van der Waals surface area contributed by atoms with Gasteiger partial charge in [0.2, 0.25) is 5.91 Å². The van der Waals surface area contributed by atoms with Crippen molar-refractivity contribution in [1.29, 1.82) is 0 Å². The third-order valence-electron chi connectivity index (χ3n) is 2.61. The Balaban J connectivity index is 2.55. The van der Waals surface area contributed by atoms with Crippen molar-refractivity contribution >= 4 is 19.7 Å². The number of carbonyl (C=O) groups excluding carboxylic acids is 1. The Bertz CT molecular complexity index is 343. The first-order valence-corrected chi connectivity index (χ1v) is 9.42. The number of hydrogen-bond acceptors (Lipinski definition) is 1. The van der Waals surface area contributed by atoms with E-state index in [1.54, 1.807) is 4.90 Å². The quantitative estimate of drug-likeness (QED) is 0.733. The van der Waals surface area contributed by atoms with E-state index in [0.29, 0.717) is 6.42 Å². The molecular formula is C13H21NOSi. The largest absolute Gasteiger partial charge is 0.316 e. The average molecular weight is 235 g/mol. The summed E-state index contributed by atoms with van der Waals surface area (Å²) in [6.07, 6.45) is 0.668. The summed E-state index contributed by atoms with van der Waals surface area (Å²) >= 11 is 0. The Morgan fingerprint density at radius 1 is 1.19 bits per heavy atom. The molecule has 0 fully saturated rings. The first-order valence-electron chi connectivity index (χ1n) is 5.72. The number of hydrogen-bond donors (Lipinski definition) is 0. The van der Waals surface area contributed by atoms with Gasteiger partial charge in [-0.1, -0.05) is 37.8 Å². The fourth-order valence-electron chi connectivity index (χ4n) is 1.45. The summed E-state index contributed by atoms with van der Waals surface area (Å²) in [6, 6.07) is 10.9. The van der Waals surface area contributed by atoms with E-state index in [0.717, 1.165) is 11.7 Å². The van der Waals surface area contributed by atoms with Crippen LogP contribution < -0.4 is 4.90 Å². The van der Waals surface area contributed by atoms with Crippen molar-refractivity contribution in [2.24, 2.45) is 0 Å². The van der Waals surface area contributed by atoms with Gasteiger partial charge >= 0.3 is 0 Å². The number of nitrogens with zero attached hydrogens (tertiary/aromatic N) is 1. The molecule has 0 saturated heterocycles. The van der Waals surface area contributed by atoms with Crippen LogP contribution in [0.4, 0.5) is 5.69 Å². The van der Waals surface area contributed by atoms with E-state index in [1.807, 2.05) is 37.4 Å². The first kappa shape index (κ1) is 13.0. The Kier molecular flexibility index (Phi) is 4.30. The number of amides is 1. The van der Waals surface area contributed by atoms with E-state index in [1.165, 1.54) is 0 Å². The van der Waals surface area contributed by atoms with Crippen LogP contribution in [0, 0.1) is 0 Å². The van der Waals surface area contributed by atoms with Crippen LogP contribution in [0.5, 0.6) is 0 Å². The molecule has 1 amide bonds. The van der Waals surface area contributed by atoms with E-state index in [-0.39, 0.29) is 5.91 Å². The molecule has 3 heteroatoms. The Morgan fingerprint density at radius 2 is 1.75 bits per heavy atom. The van der Waals surface area contributed by atoms with Crippen LogP contribution in [0.25, 0.3) is 0 Å². The second kappa shape index (κ2) is 5.30. The smallest absolute Gasteiger partial charge is 0.226 e. The number of anilines is 1. The van der Waals surface area contributed by atoms with Crippen molar-refractivity contribution in [3.63, 3.8) is 0 Å². The Morgan fingerprint density at radius 3 is 2.25 bits per heavy atom. The monoisotopic (exact) mass is 235 g/mol. The highest BCUT2D eigenvalue weighted by molar-refractivity contribution is 6.76. The molecule has 0 heterocycles. The number of para-hydroxylation sites is 1. The summed E-state index contributed by atoms with van der Waals surface area (Å²) in [4.78, 5) is 13.7. The van der Waals surface area contributed by atoms with Crippen LogP contribution in [-0.2, 0) is 4.79 Å². The lowest BCUT2D eigenvalue weighted by atomic mass is 10.3. The molecule has 1 aromatic rings. The van der Waals surface area contributed by atoms with E-state index in [4.69, 9.17) is 0 Å². The predicted octanol–water partition coefficient (Wildman–Crippen LogP) is 3.38. The molecule has 0 unspecified atom stereocenters. The van der Waals surface area contributed by atoms with Gasteiger partial charge < -0.3 is 4.90 Å². The lowest BCUT2D eigenvalue weighted by Crippen LogP contribution is -2.29. The van der Waals surface area contributed by atoms with E-state index in [9.17, 15) is 4.79 Å². The van der Waals surface area contributed by atoms with Crippen LogP contribution in [0.1, 0.15) is 6.42 Å². The van der Waals surface area contributed by atoms with Crippen molar-refractivity contribution in [1.82, 2.24) is 0 Å². The molecule has 0 N–H and O–H groups in total. The van der Waals surface area contributed by atoms with Gasteiger partial charge in [-0.05, 0) is 18.2 Å². The normalized spacial score (nSPS) is 11.2. The highest BCUT2D eigenvalue weighted by Crippen LogP contribution is 2.16. The zero-order chi connectivity index (χ0) is 12.2. The topological polar surface area (TPSA) is 20.3 Å². The maximum absolute atomic E-state index is 11.9. The van der Waals surface area contributed by atoms with E-state index >= 15 is 0 Å². The van der Waals surface area contributed by atoms with Crippen molar-refractivity contribution < 1.29 is 4.79 Å². The third-order valence-corrected chi connectivity index (χ3v) is 4.36. The molecule has 0 saturated carbocycles. The molecule has 0 spiro atoms. The van der Waals surface area contributed by atoms with Gasteiger partial charge in [-0.2, -0.15) is 0 Å². The minimum Gasteiger partial charge on any atom is -0.316 e. The summed E-state index contributed by atoms with van der Waals surface area (Å²) in [6.45, 7) is 6.88. The molecule has 16 heavy (non-hydrogen) atoms. The number of carbonyl (C=O) groups is 1. The van der Waals surface area contributed by atoms with Gasteiger partial charge in [0.15, 0.2) is 0 Å². The molecule has 1 aromatic carbocycles. The van der Waals surface area contributed by atoms with Gasteiger partial charge in [0.1, 0.15) is 0 Å². The maximum Gasteiger partial charge on any atom is 0.226 e. The summed E-state index contributed by atoms with van der Waals surface area (Å²) in [5, 5.41) is 0. The second-order valence-electron chi connectivity index (χ2n) is 5.35. The number of rotatable bonds is 4. The molecule has 0 bridgehead atoms. The van der Waals surface area contributed by atoms with Gasteiger partial charge in [0.25, 0.3) is 0 Å². The highest BCUT2D eigenvalue weighted by Gasteiger charge is 2.17. The third kappa shape index (κ3) is 4.19. The molecule has 0 aliphatic carbocycles. The van der Waals surface area contributed by atoms with Gasteiger partial charge in [-0.15, -0.1) is 0 Å². The summed E-state index contributed by atoms with van der Waals surface area (Å²) in [5.74, 6) is 0.216. The SMILES string of the molecule is CN(C(=O)CC[Si](C)(C)C)c1ccccc1. The van der Waals surface area contributed by atoms with Crippen LogP contribution in [-0.4, -0.2) is 21.0 Å². The van der Waals surface area contributed by atoms with Crippen molar-refractivity contribution in [3.05, 3.63) is 30.3 Å². The van der Waals surface area contributed by atoms with Gasteiger partial charge in [0, 0.05) is 27.2 Å². The molecule has 2 nitrogen and oxygen atoms in total. The highest BCUT2D eigenvalue weighted by atomic mass is 28.3. The van der Waals surface area contributed by atoms with Crippen LogP contribution in [0.2, 0.25) is 25.7 Å². The van der Waals surface area contributed by atoms with Crippen molar-refractivity contribution in [3.8, 4) is 0 Å². The molecule has 0 aliphatic heterocycles. The van der Waals surface area contributed by atoms with Gasteiger partial charge in [-0.3, -0.25) is 4.79 Å².